The zero-order chi connectivity index (χ0) is 15.6. The highest BCUT2D eigenvalue weighted by molar-refractivity contribution is 7.99. The number of thioether (sulfide) groups is 1. The summed E-state index contributed by atoms with van der Waals surface area (Å²) in [5.74, 6) is 2.32. The van der Waals surface area contributed by atoms with Crippen molar-refractivity contribution in [2.24, 2.45) is 5.73 Å². The van der Waals surface area contributed by atoms with Crippen LogP contribution in [0.1, 0.15) is 48.5 Å². The second kappa shape index (κ2) is 6.42. The Labute approximate surface area is 135 Å². The van der Waals surface area contributed by atoms with Crippen LogP contribution in [0.15, 0.2) is 27.6 Å². The zero-order valence-corrected chi connectivity index (χ0v) is 14.1. The van der Waals surface area contributed by atoms with E-state index in [1.165, 1.54) is 16.0 Å². The molecule has 1 fully saturated rings. The first-order chi connectivity index (χ1) is 10.6. The van der Waals surface area contributed by atoms with Crippen molar-refractivity contribution in [2.75, 3.05) is 5.75 Å². The van der Waals surface area contributed by atoms with E-state index in [4.69, 9.17) is 10.3 Å². The molecule has 3 rings (SSSR count). The SMILES string of the molecule is Cc1ccc(SCCc2nc(C3(N)CCCC3)no2)cc1C. The highest BCUT2D eigenvalue weighted by Gasteiger charge is 2.35. The molecule has 5 heteroatoms. The lowest BCUT2D eigenvalue weighted by Gasteiger charge is -2.17. The van der Waals surface area contributed by atoms with Gasteiger partial charge < -0.3 is 10.3 Å². The molecule has 1 aliphatic rings. The van der Waals surface area contributed by atoms with Crippen molar-refractivity contribution in [1.29, 1.82) is 0 Å². The molecule has 2 N–H and O–H groups in total. The zero-order valence-electron chi connectivity index (χ0n) is 13.3. The number of nitrogens with zero attached hydrogens (tertiary/aromatic N) is 2. The fourth-order valence-electron chi connectivity index (χ4n) is 2.85. The fourth-order valence-corrected chi connectivity index (χ4v) is 3.78. The van der Waals surface area contributed by atoms with E-state index in [0.717, 1.165) is 37.9 Å². The quantitative estimate of drug-likeness (QED) is 0.851. The molecule has 1 saturated carbocycles. The molecule has 0 spiro atoms. The van der Waals surface area contributed by atoms with Gasteiger partial charge in [-0.05, 0) is 49.9 Å². The normalized spacial score (nSPS) is 17.0. The van der Waals surface area contributed by atoms with Crippen molar-refractivity contribution >= 4 is 11.8 Å². The Morgan fingerprint density at radius 1 is 1.23 bits per heavy atom. The van der Waals surface area contributed by atoms with Gasteiger partial charge in [-0.15, -0.1) is 11.8 Å². The van der Waals surface area contributed by atoms with Gasteiger partial charge >= 0.3 is 0 Å². The molecule has 0 saturated heterocycles. The molecule has 22 heavy (non-hydrogen) atoms. The smallest absolute Gasteiger partial charge is 0.227 e. The van der Waals surface area contributed by atoms with Crippen molar-refractivity contribution in [2.45, 2.75) is 56.4 Å². The predicted molar refractivity (Wildman–Crippen MR) is 89.0 cm³/mol. The molecule has 0 bridgehead atoms. The van der Waals surface area contributed by atoms with Gasteiger partial charge in [-0.2, -0.15) is 4.98 Å². The van der Waals surface area contributed by atoms with E-state index in [0.29, 0.717) is 11.7 Å². The molecule has 0 atom stereocenters. The molecule has 0 aliphatic heterocycles. The number of nitrogens with two attached hydrogens (primary N) is 1. The third kappa shape index (κ3) is 3.36. The maximum Gasteiger partial charge on any atom is 0.227 e. The summed E-state index contributed by atoms with van der Waals surface area (Å²) in [6.45, 7) is 4.28. The maximum absolute atomic E-state index is 6.35. The fraction of sp³-hybridized carbons (Fsp3) is 0.529. The number of hydrogen-bond donors (Lipinski definition) is 1. The summed E-state index contributed by atoms with van der Waals surface area (Å²) in [6.07, 6.45) is 5.01. The lowest BCUT2D eigenvalue weighted by atomic mass is 9.99. The summed E-state index contributed by atoms with van der Waals surface area (Å²) in [5, 5.41) is 4.10. The first kappa shape index (κ1) is 15.6. The topological polar surface area (TPSA) is 64.9 Å². The summed E-state index contributed by atoms with van der Waals surface area (Å²) in [4.78, 5) is 5.80. The van der Waals surface area contributed by atoms with Crippen molar-refractivity contribution in [3.05, 3.63) is 41.0 Å². The van der Waals surface area contributed by atoms with Gasteiger partial charge in [0.25, 0.3) is 0 Å². The van der Waals surface area contributed by atoms with Crippen LogP contribution >= 0.6 is 11.8 Å². The van der Waals surface area contributed by atoms with E-state index in [1.807, 2.05) is 11.8 Å². The molecular weight excluding hydrogens is 294 g/mol. The number of benzene rings is 1. The summed E-state index contributed by atoms with van der Waals surface area (Å²) >= 11 is 1.82. The number of aryl methyl sites for hydroxylation is 3. The summed E-state index contributed by atoms with van der Waals surface area (Å²) in [6, 6.07) is 6.56. The number of hydrogen-bond acceptors (Lipinski definition) is 5. The second-order valence-electron chi connectivity index (χ2n) is 6.22. The van der Waals surface area contributed by atoms with E-state index in [9.17, 15) is 0 Å². The van der Waals surface area contributed by atoms with Crippen molar-refractivity contribution < 1.29 is 4.52 Å². The van der Waals surface area contributed by atoms with Gasteiger partial charge in [0, 0.05) is 17.1 Å². The summed E-state index contributed by atoms with van der Waals surface area (Å²) in [7, 11) is 0. The first-order valence-electron chi connectivity index (χ1n) is 7.89. The van der Waals surface area contributed by atoms with E-state index < -0.39 is 0 Å². The summed E-state index contributed by atoms with van der Waals surface area (Å²) in [5.41, 5.74) is 8.66. The minimum absolute atomic E-state index is 0.358. The van der Waals surface area contributed by atoms with E-state index >= 15 is 0 Å². The highest BCUT2D eigenvalue weighted by Crippen LogP contribution is 2.34. The molecule has 1 aliphatic carbocycles. The summed E-state index contributed by atoms with van der Waals surface area (Å²) < 4.78 is 5.37. The van der Waals surface area contributed by atoms with Crippen LogP contribution in [-0.4, -0.2) is 15.9 Å². The highest BCUT2D eigenvalue weighted by atomic mass is 32.2. The van der Waals surface area contributed by atoms with Crippen molar-refractivity contribution in [1.82, 2.24) is 10.1 Å². The van der Waals surface area contributed by atoms with E-state index in [1.54, 1.807) is 0 Å². The largest absolute Gasteiger partial charge is 0.339 e. The van der Waals surface area contributed by atoms with Crippen molar-refractivity contribution in [3.8, 4) is 0 Å². The Bertz CT molecular complexity index is 647. The van der Waals surface area contributed by atoms with Gasteiger partial charge in [-0.3, -0.25) is 0 Å². The third-order valence-electron chi connectivity index (χ3n) is 4.47. The molecule has 4 nitrogen and oxygen atoms in total. The minimum atomic E-state index is -0.358. The van der Waals surface area contributed by atoms with E-state index in [-0.39, 0.29) is 5.54 Å². The Kier molecular flexibility index (Phi) is 4.54. The maximum atomic E-state index is 6.35. The van der Waals surface area contributed by atoms with Crippen LogP contribution in [-0.2, 0) is 12.0 Å². The van der Waals surface area contributed by atoms with Gasteiger partial charge in [0.1, 0.15) is 0 Å². The Morgan fingerprint density at radius 2 is 2.00 bits per heavy atom. The third-order valence-corrected chi connectivity index (χ3v) is 5.47. The monoisotopic (exact) mass is 317 g/mol. The minimum Gasteiger partial charge on any atom is -0.339 e. The van der Waals surface area contributed by atoms with Crippen molar-refractivity contribution in [3.63, 3.8) is 0 Å². The number of rotatable bonds is 5. The number of aromatic nitrogens is 2. The van der Waals surface area contributed by atoms with Gasteiger partial charge in [-0.25, -0.2) is 0 Å². The molecule has 1 aromatic heterocycles. The molecular formula is C17H23N3OS. The second-order valence-corrected chi connectivity index (χ2v) is 7.39. The Hall–Kier alpha value is -1.33. The molecule has 0 radical (unpaired) electrons. The Morgan fingerprint density at radius 3 is 2.73 bits per heavy atom. The molecule has 2 aromatic rings. The van der Waals surface area contributed by atoms with Crippen LogP contribution in [0.4, 0.5) is 0 Å². The van der Waals surface area contributed by atoms with Crippen LogP contribution < -0.4 is 5.73 Å². The molecule has 0 unspecified atom stereocenters. The molecule has 1 heterocycles. The lowest BCUT2D eigenvalue weighted by molar-refractivity contribution is 0.351. The van der Waals surface area contributed by atoms with E-state index in [2.05, 4.69) is 42.2 Å². The Balaban J connectivity index is 1.56. The van der Waals surface area contributed by atoms with Gasteiger partial charge in [-0.1, -0.05) is 24.1 Å². The van der Waals surface area contributed by atoms with Gasteiger partial charge in [0.2, 0.25) is 5.89 Å². The average Bonchev–Trinajstić information content (AvgIpc) is 3.13. The van der Waals surface area contributed by atoms with Crippen LogP contribution in [0.3, 0.4) is 0 Å². The standard InChI is InChI=1S/C17H23N3OS/c1-12-5-6-14(11-13(12)2)22-10-7-15-19-16(20-21-15)17(18)8-3-4-9-17/h5-6,11H,3-4,7-10,18H2,1-2H3. The lowest BCUT2D eigenvalue weighted by Crippen LogP contribution is -2.34. The molecule has 118 valence electrons. The average molecular weight is 317 g/mol. The van der Waals surface area contributed by atoms with Crippen LogP contribution in [0.2, 0.25) is 0 Å². The van der Waals surface area contributed by atoms with Crippen LogP contribution in [0.25, 0.3) is 0 Å². The predicted octanol–water partition coefficient (Wildman–Crippen LogP) is 3.75. The van der Waals surface area contributed by atoms with Crippen LogP contribution in [0.5, 0.6) is 0 Å². The van der Waals surface area contributed by atoms with Gasteiger partial charge in [0.15, 0.2) is 5.82 Å². The van der Waals surface area contributed by atoms with Gasteiger partial charge in [0.05, 0.1) is 5.54 Å². The van der Waals surface area contributed by atoms with Crippen LogP contribution in [0, 0.1) is 13.8 Å². The molecule has 1 aromatic carbocycles. The molecule has 0 amide bonds. The first-order valence-corrected chi connectivity index (χ1v) is 8.87.